The number of imidazole rings is 1. The summed E-state index contributed by atoms with van der Waals surface area (Å²) >= 11 is 0. The fraction of sp³-hybridized carbons (Fsp3) is 0.811. The summed E-state index contributed by atoms with van der Waals surface area (Å²) in [6, 6.07) is -0.686. The van der Waals surface area contributed by atoms with E-state index in [9.17, 15) is 9.59 Å². The largest absolute Gasteiger partial charge is 0.466 e. The number of carbonyl (C=O) groups is 2. The molecule has 2 atom stereocenters. The third kappa shape index (κ3) is 18.4. The number of nitrogens with zero attached hydrogens (tertiary/aromatic N) is 4. The first kappa shape index (κ1) is 40.4. The number of fused-ring (bicyclic) bond motifs is 1. The standard InChI is InChI=1S/C37H66N6O4/c1-4-5-6-7-8-9-10-11-12-13-14-15-16-17-18-19-20-21-22-23-33(44)46-25-24-31(28-47-36(45)34(38)30(2)3)27-43-29-41-32-26-40-37(39)42-35(32)43/h26,29-31,34H,4-25,27-28,38H2,1-3H3,(H2,39,40,42)/t31?,34-/m0/s1. The zero-order valence-electron chi connectivity index (χ0n) is 29.9. The highest BCUT2D eigenvalue weighted by molar-refractivity contribution is 5.75. The minimum absolute atomic E-state index is 0.0248. The second-order valence-corrected chi connectivity index (χ2v) is 13.7. The third-order valence-corrected chi connectivity index (χ3v) is 9.06. The average molecular weight is 659 g/mol. The van der Waals surface area contributed by atoms with Gasteiger partial charge in [0, 0.05) is 18.9 Å². The molecular weight excluding hydrogens is 592 g/mol. The molecule has 4 N–H and O–H groups in total. The molecule has 268 valence electrons. The fourth-order valence-electron chi connectivity index (χ4n) is 5.84. The van der Waals surface area contributed by atoms with Gasteiger partial charge in [-0.05, 0) is 18.8 Å². The van der Waals surface area contributed by atoms with E-state index in [0.717, 1.165) is 12.8 Å². The van der Waals surface area contributed by atoms with Crippen molar-refractivity contribution in [2.24, 2.45) is 17.6 Å². The molecule has 0 saturated carbocycles. The van der Waals surface area contributed by atoms with Crippen LogP contribution in [0.4, 0.5) is 5.95 Å². The Morgan fingerprint density at radius 2 is 1.32 bits per heavy atom. The Balaban J connectivity index is 1.53. The first-order chi connectivity index (χ1) is 22.8. The molecule has 0 aliphatic heterocycles. The van der Waals surface area contributed by atoms with Gasteiger partial charge in [0.15, 0.2) is 5.65 Å². The molecule has 0 fully saturated rings. The molecule has 2 aromatic rings. The normalized spacial score (nSPS) is 12.9. The van der Waals surface area contributed by atoms with Crippen molar-refractivity contribution in [1.29, 1.82) is 0 Å². The number of unbranched alkanes of at least 4 members (excludes halogenated alkanes) is 18. The lowest BCUT2D eigenvalue weighted by Gasteiger charge is -2.20. The van der Waals surface area contributed by atoms with Crippen molar-refractivity contribution in [2.45, 2.75) is 168 Å². The molecule has 0 amide bonds. The second-order valence-electron chi connectivity index (χ2n) is 13.7. The van der Waals surface area contributed by atoms with E-state index >= 15 is 0 Å². The van der Waals surface area contributed by atoms with Gasteiger partial charge in [0.25, 0.3) is 0 Å². The topological polar surface area (TPSA) is 148 Å². The van der Waals surface area contributed by atoms with Crippen LogP contribution in [0.1, 0.15) is 156 Å². The minimum Gasteiger partial charge on any atom is -0.466 e. The van der Waals surface area contributed by atoms with Gasteiger partial charge in [0.1, 0.15) is 11.6 Å². The highest BCUT2D eigenvalue weighted by Crippen LogP contribution is 2.17. The molecule has 0 aliphatic carbocycles. The van der Waals surface area contributed by atoms with E-state index in [0.29, 0.717) is 30.6 Å². The molecule has 2 rings (SSSR count). The third-order valence-electron chi connectivity index (χ3n) is 9.06. The summed E-state index contributed by atoms with van der Waals surface area (Å²) in [7, 11) is 0. The molecule has 0 aliphatic rings. The van der Waals surface area contributed by atoms with Crippen LogP contribution in [0.15, 0.2) is 12.5 Å². The second kappa shape index (κ2) is 25.3. The Kier molecular flexibility index (Phi) is 21.8. The van der Waals surface area contributed by atoms with Crippen molar-refractivity contribution in [3.63, 3.8) is 0 Å². The molecule has 2 heterocycles. The maximum atomic E-state index is 12.4. The molecule has 0 bridgehead atoms. The number of carbonyl (C=O) groups excluding carboxylic acids is 2. The van der Waals surface area contributed by atoms with Crippen LogP contribution in [0.3, 0.4) is 0 Å². The molecule has 0 saturated heterocycles. The number of esters is 2. The first-order valence-electron chi connectivity index (χ1n) is 18.8. The van der Waals surface area contributed by atoms with Gasteiger partial charge in [0.05, 0.1) is 25.7 Å². The molecule has 47 heavy (non-hydrogen) atoms. The number of nitrogens with two attached hydrogens (primary N) is 2. The number of hydrogen-bond donors (Lipinski definition) is 2. The Morgan fingerprint density at radius 1 is 0.787 bits per heavy atom. The van der Waals surface area contributed by atoms with E-state index in [4.69, 9.17) is 20.9 Å². The predicted molar refractivity (Wildman–Crippen MR) is 191 cm³/mol. The number of hydrogen-bond acceptors (Lipinski definition) is 9. The molecule has 1 unspecified atom stereocenters. The summed E-state index contributed by atoms with van der Waals surface area (Å²) < 4.78 is 13.0. The van der Waals surface area contributed by atoms with E-state index in [1.54, 1.807) is 12.5 Å². The van der Waals surface area contributed by atoms with E-state index in [2.05, 4.69) is 21.9 Å². The number of ether oxygens (including phenoxy) is 2. The first-order valence-corrected chi connectivity index (χ1v) is 18.8. The Hall–Kier alpha value is -2.75. The Morgan fingerprint density at radius 3 is 1.85 bits per heavy atom. The van der Waals surface area contributed by atoms with Crippen LogP contribution in [0.25, 0.3) is 11.2 Å². The van der Waals surface area contributed by atoms with Gasteiger partial charge in [-0.25, -0.2) is 9.97 Å². The minimum atomic E-state index is -0.686. The van der Waals surface area contributed by atoms with Gasteiger partial charge < -0.3 is 25.5 Å². The van der Waals surface area contributed by atoms with Crippen molar-refractivity contribution in [3.05, 3.63) is 12.5 Å². The van der Waals surface area contributed by atoms with Crippen molar-refractivity contribution in [1.82, 2.24) is 19.5 Å². The zero-order valence-corrected chi connectivity index (χ0v) is 29.9. The lowest BCUT2D eigenvalue weighted by molar-refractivity contribution is -0.149. The lowest BCUT2D eigenvalue weighted by atomic mass is 10.0. The van der Waals surface area contributed by atoms with Gasteiger partial charge in [-0.1, -0.05) is 136 Å². The molecule has 10 heteroatoms. The maximum Gasteiger partial charge on any atom is 0.323 e. The highest BCUT2D eigenvalue weighted by Gasteiger charge is 2.22. The van der Waals surface area contributed by atoms with Crippen LogP contribution in [-0.4, -0.2) is 50.7 Å². The molecule has 10 nitrogen and oxygen atoms in total. The summed E-state index contributed by atoms with van der Waals surface area (Å²) in [6.07, 6.45) is 29.4. The summed E-state index contributed by atoms with van der Waals surface area (Å²) in [4.78, 5) is 37.4. The number of nitrogen functional groups attached to an aromatic ring is 1. The summed E-state index contributed by atoms with van der Waals surface area (Å²) in [5.41, 5.74) is 13.0. The average Bonchev–Trinajstić information content (AvgIpc) is 3.45. The van der Waals surface area contributed by atoms with E-state index in [-0.39, 0.29) is 37.0 Å². The van der Waals surface area contributed by atoms with E-state index < -0.39 is 12.0 Å². The monoisotopic (exact) mass is 659 g/mol. The zero-order chi connectivity index (χ0) is 34.1. The lowest BCUT2D eigenvalue weighted by Crippen LogP contribution is -2.38. The summed E-state index contributed by atoms with van der Waals surface area (Å²) in [5, 5.41) is 0. The molecule has 0 aromatic carbocycles. The highest BCUT2D eigenvalue weighted by atomic mass is 16.5. The van der Waals surface area contributed by atoms with Crippen LogP contribution < -0.4 is 11.5 Å². The number of rotatable bonds is 29. The van der Waals surface area contributed by atoms with E-state index in [1.165, 1.54) is 109 Å². The number of aromatic nitrogens is 4. The van der Waals surface area contributed by atoms with Gasteiger partial charge >= 0.3 is 11.9 Å². The van der Waals surface area contributed by atoms with Crippen LogP contribution in [0, 0.1) is 11.8 Å². The smallest absolute Gasteiger partial charge is 0.323 e. The predicted octanol–water partition coefficient (Wildman–Crippen LogP) is 8.31. The fourth-order valence-corrected chi connectivity index (χ4v) is 5.84. The van der Waals surface area contributed by atoms with Crippen LogP contribution in [-0.2, 0) is 25.6 Å². The Labute approximate surface area is 284 Å². The van der Waals surface area contributed by atoms with E-state index in [1.807, 2.05) is 18.4 Å². The molecule has 0 radical (unpaired) electrons. The maximum absolute atomic E-state index is 12.4. The quantitative estimate of drug-likeness (QED) is 0.0650. The van der Waals surface area contributed by atoms with Crippen LogP contribution >= 0.6 is 0 Å². The molecule has 2 aromatic heterocycles. The van der Waals surface area contributed by atoms with Gasteiger partial charge in [0.2, 0.25) is 5.95 Å². The SMILES string of the molecule is CCCCCCCCCCCCCCCCCCCCCC(=O)OCCC(COC(=O)[C@@H](N)C(C)C)Cn1cnc2cnc(N)nc21. The summed E-state index contributed by atoms with van der Waals surface area (Å²) in [5.74, 6) is -0.608. The van der Waals surface area contributed by atoms with Gasteiger partial charge in [-0.3, -0.25) is 9.59 Å². The van der Waals surface area contributed by atoms with Crippen molar-refractivity contribution < 1.29 is 19.1 Å². The number of anilines is 1. The van der Waals surface area contributed by atoms with Crippen molar-refractivity contribution in [2.75, 3.05) is 18.9 Å². The molecule has 0 spiro atoms. The molecular formula is C37H66N6O4. The Bertz CT molecular complexity index is 1110. The van der Waals surface area contributed by atoms with Crippen LogP contribution in [0.5, 0.6) is 0 Å². The van der Waals surface area contributed by atoms with Gasteiger partial charge in [-0.2, -0.15) is 4.98 Å². The summed E-state index contributed by atoms with van der Waals surface area (Å²) in [6.45, 7) is 6.91. The van der Waals surface area contributed by atoms with Crippen molar-refractivity contribution in [3.8, 4) is 0 Å². The van der Waals surface area contributed by atoms with Crippen LogP contribution in [0.2, 0.25) is 0 Å². The van der Waals surface area contributed by atoms with Crippen molar-refractivity contribution >= 4 is 29.1 Å². The van der Waals surface area contributed by atoms with Gasteiger partial charge in [-0.15, -0.1) is 0 Å².